The lowest BCUT2D eigenvalue weighted by molar-refractivity contribution is 1.57. The molecule has 0 atom stereocenters. The fourth-order valence-electron chi connectivity index (χ4n) is 0. The molecule has 24 valence electrons. The molecule has 0 rings (SSSR count). The van der Waals surface area contributed by atoms with Crippen molar-refractivity contribution < 1.29 is 0 Å². The third-order valence-electron chi connectivity index (χ3n) is 0. The van der Waals surface area contributed by atoms with Crippen LogP contribution in [0.1, 0.15) is 0 Å². The number of nitriles is 1. The summed E-state index contributed by atoms with van der Waals surface area (Å²) in [6.07, 6.45) is 0. The van der Waals surface area contributed by atoms with Gasteiger partial charge in [0.1, 0.15) is 4.98 Å². The molecular weight excluding hydrogens is 186 g/mol. The maximum absolute atomic E-state index is 7.24. The molecule has 0 radical (unpaired) electrons. The fraction of sp³-hybridized carbons (Fsp3) is 0. The molecule has 0 N–H and O–H groups in total. The number of rotatable bonds is 0. The predicted octanol–water partition coefficient (Wildman–Crippen LogP) is 1.44. The van der Waals surface area contributed by atoms with Crippen LogP contribution in [-0.4, -0.2) is 0 Å². The van der Waals surface area contributed by atoms with E-state index in [0.29, 0.717) is 0 Å². The molecule has 0 aliphatic carbocycles. The molecule has 0 aromatic carbocycles. The Morgan fingerprint density at radius 3 is 1.75 bits per heavy atom. The lowest BCUT2D eigenvalue weighted by atomic mass is 11.8. The quantitative estimate of drug-likeness (QED) is 0.562. The van der Waals surface area contributed by atoms with Gasteiger partial charge in [-0.15, -0.1) is 17.0 Å². The van der Waals surface area contributed by atoms with Crippen molar-refractivity contribution >= 4 is 32.9 Å². The third kappa shape index (κ3) is 25.4. The highest BCUT2D eigenvalue weighted by atomic mass is 79.9. The Labute approximate surface area is 43.5 Å². The molecule has 0 spiro atoms. The molecule has 0 saturated heterocycles. The Balaban J connectivity index is 0. The first-order valence-electron chi connectivity index (χ1n) is 0.413. The van der Waals surface area contributed by atoms with Crippen LogP contribution in [0.5, 0.6) is 0 Å². The van der Waals surface area contributed by atoms with Crippen molar-refractivity contribution in [3.05, 3.63) is 0 Å². The van der Waals surface area contributed by atoms with E-state index in [1.807, 2.05) is 0 Å². The average molecular weight is 187 g/mol. The molecule has 3 heteroatoms. The summed E-state index contributed by atoms with van der Waals surface area (Å²) in [5, 5.41) is 7.24. The number of halogens is 2. The smallest absolute Gasteiger partial charge is 0.142 e. The van der Waals surface area contributed by atoms with E-state index in [1.165, 1.54) is 0 Å². The van der Waals surface area contributed by atoms with E-state index < -0.39 is 0 Å². The molecule has 0 heterocycles. The average Bonchev–Trinajstić information content (AvgIpc) is 0.918. The van der Waals surface area contributed by atoms with Crippen molar-refractivity contribution in [1.82, 2.24) is 0 Å². The highest BCUT2D eigenvalue weighted by Gasteiger charge is 1.22. The molecule has 4 heavy (non-hydrogen) atoms. The normalized spacial score (nSPS) is 2.00. The van der Waals surface area contributed by atoms with Gasteiger partial charge in [0, 0.05) is 15.9 Å². The molecule has 1 nitrogen and oxygen atoms in total. The Hall–Kier alpha value is 0.450. The minimum Gasteiger partial charge on any atom is -0.185 e. The summed E-state index contributed by atoms with van der Waals surface area (Å²) in [6, 6.07) is 0. The van der Waals surface area contributed by atoms with Gasteiger partial charge in [-0.25, -0.2) is 0 Å². The van der Waals surface area contributed by atoms with E-state index in [-0.39, 0.29) is 17.0 Å². The minimum absolute atomic E-state index is 0. The van der Waals surface area contributed by atoms with Gasteiger partial charge in [0.25, 0.3) is 0 Å². The second kappa shape index (κ2) is 9.85. The van der Waals surface area contributed by atoms with Gasteiger partial charge in [-0.1, -0.05) is 0 Å². The van der Waals surface area contributed by atoms with Gasteiger partial charge in [-0.2, -0.15) is 5.26 Å². The summed E-state index contributed by atoms with van der Waals surface area (Å²) in [5.41, 5.74) is 0. The van der Waals surface area contributed by atoms with Crippen LogP contribution in [0.4, 0.5) is 0 Å². The van der Waals surface area contributed by atoms with Crippen LogP contribution in [0.15, 0.2) is 0 Å². The van der Waals surface area contributed by atoms with Gasteiger partial charge in [0.05, 0.1) is 0 Å². The Morgan fingerprint density at radius 2 is 1.75 bits per heavy atom. The highest BCUT2D eigenvalue weighted by Crippen LogP contribution is 1.58. The molecule has 0 aliphatic heterocycles. The van der Waals surface area contributed by atoms with Crippen LogP contribution in [0.2, 0.25) is 0 Å². The molecule has 0 unspecified atom stereocenters. The lowest BCUT2D eigenvalue weighted by Gasteiger charge is -1.10. The molecule has 0 bridgehead atoms. The second-order valence-corrected chi connectivity index (χ2v) is 0.439. The predicted molar refractivity (Wildman–Crippen MR) is 24.9 cm³/mol. The fourth-order valence-corrected chi connectivity index (χ4v) is 0. The number of hydrogen-bond donors (Lipinski definition) is 0. The van der Waals surface area contributed by atoms with Crippen molar-refractivity contribution in [2.24, 2.45) is 0 Å². The maximum Gasteiger partial charge on any atom is 0.142 e. The molecule has 0 aromatic heterocycles. The first-order valence-corrected chi connectivity index (χ1v) is 1.21. The Kier molecular flexibility index (Phi) is 21.7. The number of hydrogen-bond acceptors (Lipinski definition) is 1. The minimum atomic E-state index is 0. The first kappa shape index (κ1) is 8.82. The molecule has 0 amide bonds. The first-order chi connectivity index (χ1) is 1.41. The van der Waals surface area contributed by atoms with Crippen molar-refractivity contribution in [2.75, 3.05) is 0 Å². The summed E-state index contributed by atoms with van der Waals surface area (Å²) in [5.74, 6) is 0. The summed E-state index contributed by atoms with van der Waals surface area (Å²) >= 11 is 2.45. The van der Waals surface area contributed by atoms with E-state index in [2.05, 4.69) is 15.9 Å². The van der Waals surface area contributed by atoms with Gasteiger partial charge < -0.3 is 0 Å². The summed E-state index contributed by atoms with van der Waals surface area (Å²) < 4.78 is 0. The van der Waals surface area contributed by atoms with E-state index in [4.69, 9.17) is 5.26 Å². The van der Waals surface area contributed by atoms with Crippen LogP contribution in [0, 0.1) is 10.2 Å². The second-order valence-electron chi connectivity index (χ2n) is 0.0845. The molecule has 0 fully saturated rings. The summed E-state index contributed by atoms with van der Waals surface area (Å²) in [4.78, 5) is 1.56. The van der Waals surface area contributed by atoms with Crippen molar-refractivity contribution in [2.45, 2.75) is 0 Å². The molecule has 0 saturated carbocycles. The maximum atomic E-state index is 7.24. The van der Waals surface area contributed by atoms with Crippen LogP contribution >= 0.6 is 32.9 Å². The van der Waals surface area contributed by atoms with Gasteiger partial charge in [-0.05, 0) is 0 Å². The van der Waals surface area contributed by atoms with Crippen LogP contribution in [0.3, 0.4) is 0 Å². The summed E-state index contributed by atoms with van der Waals surface area (Å²) in [6.45, 7) is 0. The molecule has 0 aromatic rings. The highest BCUT2D eigenvalue weighted by molar-refractivity contribution is 9.12. The summed E-state index contributed by atoms with van der Waals surface area (Å²) in [7, 11) is 0. The van der Waals surface area contributed by atoms with Crippen molar-refractivity contribution in [3.63, 3.8) is 0 Å². The van der Waals surface area contributed by atoms with Crippen molar-refractivity contribution in [3.8, 4) is 4.98 Å². The molecular formula is CHBr2N. The monoisotopic (exact) mass is 185 g/mol. The third-order valence-corrected chi connectivity index (χ3v) is 0. The molecule has 0 aliphatic rings. The zero-order chi connectivity index (χ0) is 2.71. The van der Waals surface area contributed by atoms with Gasteiger partial charge in [-0.3, -0.25) is 0 Å². The van der Waals surface area contributed by atoms with E-state index in [0.717, 1.165) is 0 Å². The standard InChI is InChI=1S/CBrN.BrH/c2-1-3;/h;1H. The van der Waals surface area contributed by atoms with Crippen molar-refractivity contribution in [1.29, 1.82) is 5.26 Å². The van der Waals surface area contributed by atoms with Crippen LogP contribution in [-0.2, 0) is 0 Å². The topological polar surface area (TPSA) is 23.8 Å². The Bertz CT molecular complexity index is 27.5. The lowest BCUT2D eigenvalue weighted by Crippen LogP contribution is -0.920. The largest absolute Gasteiger partial charge is 0.185 e. The van der Waals surface area contributed by atoms with Gasteiger partial charge in [0.2, 0.25) is 0 Å². The number of nitrogens with zero attached hydrogens (tertiary/aromatic N) is 1. The van der Waals surface area contributed by atoms with Gasteiger partial charge >= 0.3 is 0 Å². The Morgan fingerprint density at radius 1 is 1.75 bits per heavy atom. The van der Waals surface area contributed by atoms with E-state index in [9.17, 15) is 0 Å². The van der Waals surface area contributed by atoms with E-state index >= 15 is 0 Å². The zero-order valence-electron chi connectivity index (χ0n) is 1.73. The van der Waals surface area contributed by atoms with Gasteiger partial charge in [0.15, 0.2) is 0 Å². The van der Waals surface area contributed by atoms with E-state index in [1.54, 1.807) is 4.98 Å². The zero-order valence-corrected chi connectivity index (χ0v) is 5.03. The SMILES string of the molecule is Br.N#CBr. The van der Waals surface area contributed by atoms with Crippen LogP contribution < -0.4 is 0 Å². The van der Waals surface area contributed by atoms with Crippen LogP contribution in [0.25, 0.3) is 0 Å².